The minimum Gasteiger partial charge on any atom is -0.317 e. The van der Waals surface area contributed by atoms with Crippen LogP contribution in [0.5, 0.6) is 0 Å². The quantitative estimate of drug-likeness (QED) is 0.864. The minimum absolute atomic E-state index is 0.644. The van der Waals surface area contributed by atoms with Crippen LogP contribution in [0.3, 0.4) is 0 Å². The molecule has 2 heterocycles. The third-order valence-electron chi connectivity index (χ3n) is 3.64. The molecule has 0 bridgehead atoms. The third-order valence-corrected chi connectivity index (χ3v) is 3.64. The lowest BCUT2D eigenvalue weighted by atomic mass is 10.1. The Hall–Kier alpha value is -1.45. The van der Waals surface area contributed by atoms with E-state index >= 15 is 0 Å². The highest BCUT2D eigenvalue weighted by molar-refractivity contribution is 5.81. The monoisotopic (exact) mass is 241 g/mol. The summed E-state index contributed by atoms with van der Waals surface area (Å²) in [6, 6.07) is 11.2. The molecule has 3 heteroatoms. The summed E-state index contributed by atoms with van der Waals surface area (Å²) in [5, 5.41) is 8.26. The first-order chi connectivity index (χ1) is 8.93. The van der Waals surface area contributed by atoms with Gasteiger partial charge in [0.05, 0.1) is 5.52 Å². The molecule has 1 aromatic heterocycles. The fraction of sp³-hybridized carbons (Fsp3) is 0.400. The lowest BCUT2D eigenvalue weighted by Crippen LogP contribution is -2.39. The Kier molecular flexibility index (Phi) is 3.53. The molecule has 94 valence electrons. The summed E-state index contributed by atoms with van der Waals surface area (Å²) in [5.74, 6) is 0. The number of hydrogen-bond donors (Lipinski definition) is 2. The van der Waals surface area contributed by atoms with E-state index in [-0.39, 0.29) is 0 Å². The number of nitrogens with zero attached hydrogens (tertiary/aromatic N) is 1. The minimum atomic E-state index is 0.644. The number of piperidine rings is 1. The first-order valence-corrected chi connectivity index (χ1v) is 6.70. The van der Waals surface area contributed by atoms with E-state index in [0.717, 1.165) is 25.2 Å². The highest BCUT2D eigenvalue weighted by atomic mass is 15.0. The van der Waals surface area contributed by atoms with Gasteiger partial charge in [0.15, 0.2) is 0 Å². The Labute approximate surface area is 108 Å². The third kappa shape index (κ3) is 2.52. The Bertz CT molecular complexity index is 513. The second-order valence-corrected chi connectivity index (χ2v) is 4.90. The Morgan fingerprint density at radius 3 is 2.89 bits per heavy atom. The summed E-state index contributed by atoms with van der Waals surface area (Å²) in [6.45, 7) is 3.18. The molecular weight excluding hydrogens is 222 g/mol. The molecule has 2 aromatic rings. The fourth-order valence-electron chi connectivity index (χ4n) is 2.59. The molecule has 0 saturated carbocycles. The van der Waals surface area contributed by atoms with E-state index in [1.165, 1.54) is 23.8 Å². The maximum Gasteiger partial charge on any atom is 0.0746 e. The number of fused-ring (bicyclic) bond motifs is 1. The van der Waals surface area contributed by atoms with Gasteiger partial charge in [0.2, 0.25) is 0 Å². The number of para-hydroxylation sites is 1. The Morgan fingerprint density at radius 2 is 2.00 bits per heavy atom. The van der Waals surface area contributed by atoms with E-state index in [9.17, 15) is 0 Å². The molecule has 1 fully saturated rings. The van der Waals surface area contributed by atoms with Crippen LogP contribution in [0.2, 0.25) is 0 Å². The number of aromatic nitrogens is 1. The lowest BCUT2D eigenvalue weighted by Gasteiger charge is -2.24. The molecule has 0 amide bonds. The van der Waals surface area contributed by atoms with Crippen LogP contribution in [-0.4, -0.2) is 24.1 Å². The predicted molar refractivity (Wildman–Crippen MR) is 74.5 cm³/mol. The van der Waals surface area contributed by atoms with E-state index in [1.54, 1.807) is 0 Å². The van der Waals surface area contributed by atoms with Crippen LogP contribution in [0, 0.1) is 0 Å². The first kappa shape index (κ1) is 11.6. The molecule has 0 radical (unpaired) electrons. The zero-order chi connectivity index (χ0) is 12.2. The average Bonchev–Trinajstić information content (AvgIpc) is 2.46. The first-order valence-electron chi connectivity index (χ1n) is 6.70. The molecule has 0 spiro atoms. The number of pyridine rings is 1. The van der Waals surface area contributed by atoms with Crippen LogP contribution in [0.4, 0.5) is 0 Å². The van der Waals surface area contributed by atoms with Crippen molar-refractivity contribution in [3.63, 3.8) is 0 Å². The van der Waals surface area contributed by atoms with Crippen LogP contribution < -0.4 is 10.6 Å². The van der Waals surface area contributed by atoms with Crippen LogP contribution in [0.1, 0.15) is 18.4 Å². The second-order valence-electron chi connectivity index (χ2n) is 4.90. The van der Waals surface area contributed by atoms with E-state index < -0.39 is 0 Å². The molecule has 2 N–H and O–H groups in total. The smallest absolute Gasteiger partial charge is 0.0746 e. The van der Waals surface area contributed by atoms with Crippen molar-refractivity contribution in [3.05, 3.63) is 42.1 Å². The molecule has 1 aliphatic heterocycles. The van der Waals surface area contributed by atoms with E-state index in [0.29, 0.717) is 6.04 Å². The summed E-state index contributed by atoms with van der Waals surface area (Å²) in [5.41, 5.74) is 2.42. The van der Waals surface area contributed by atoms with Gasteiger partial charge in [-0.2, -0.15) is 0 Å². The largest absolute Gasteiger partial charge is 0.317 e. The number of rotatable bonds is 3. The van der Waals surface area contributed by atoms with Gasteiger partial charge in [0.1, 0.15) is 0 Å². The standard InChI is InChI=1S/C15H19N3/c1-3-12-5-2-8-17-15(12)13(4-1)11-18-14-6-9-16-10-7-14/h1-5,8,14,16,18H,6-7,9-11H2. The van der Waals surface area contributed by atoms with Crippen molar-refractivity contribution in [1.29, 1.82) is 0 Å². The van der Waals surface area contributed by atoms with E-state index in [1.807, 2.05) is 12.3 Å². The fourth-order valence-corrected chi connectivity index (χ4v) is 2.59. The summed E-state index contributed by atoms with van der Waals surface area (Å²) in [4.78, 5) is 4.49. The molecule has 3 nitrogen and oxygen atoms in total. The summed E-state index contributed by atoms with van der Waals surface area (Å²) in [6.07, 6.45) is 4.31. The molecular formula is C15H19N3. The van der Waals surface area contributed by atoms with Gasteiger partial charge in [-0.15, -0.1) is 0 Å². The lowest BCUT2D eigenvalue weighted by molar-refractivity contribution is 0.387. The molecule has 0 atom stereocenters. The summed E-state index contributed by atoms with van der Waals surface area (Å²) in [7, 11) is 0. The maximum atomic E-state index is 4.49. The van der Waals surface area contributed by atoms with Gasteiger partial charge in [0.25, 0.3) is 0 Å². The summed E-state index contributed by atoms with van der Waals surface area (Å²) < 4.78 is 0. The van der Waals surface area contributed by atoms with Crippen LogP contribution in [0.15, 0.2) is 36.5 Å². The van der Waals surface area contributed by atoms with Crippen molar-refractivity contribution < 1.29 is 0 Å². The number of benzene rings is 1. The zero-order valence-corrected chi connectivity index (χ0v) is 10.5. The van der Waals surface area contributed by atoms with Gasteiger partial charge in [-0.3, -0.25) is 4.98 Å². The van der Waals surface area contributed by atoms with Gasteiger partial charge in [-0.1, -0.05) is 24.3 Å². The molecule has 1 aliphatic rings. The van der Waals surface area contributed by atoms with Crippen molar-refractivity contribution in [2.24, 2.45) is 0 Å². The summed E-state index contributed by atoms with van der Waals surface area (Å²) >= 11 is 0. The van der Waals surface area contributed by atoms with E-state index in [2.05, 4.69) is 39.9 Å². The van der Waals surface area contributed by atoms with Gasteiger partial charge in [-0.25, -0.2) is 0 Å². The predicted octanol–water partition coefficient (Wildman–Crippen LogP) is 2.08. The van der Waals surface area contributed by atoms with Crippen molar-refractivity contribution in [1.82, 2.24) is 15.6 Å². The van der Waals surface area contributed by atoms with Crippen LogP contribution in [-0.2, 0) is 6.54 Å². The topological polar surface area (TPSA) is 37.0 Å². The molecule has 0 unspecified atom stereocenters. The Balaban J connectivity index is 1.74. The van der Waals surface area contributed by atoms with Crippen molar-refractivity contribution in [3.8, 4) is 0 Å². The van der Waals surface area contributed by atoms with Crippen LogP contribution >= 0.6 is 0 Å². The number of hydrogen-bond acceptors (Lipinski definition) is 3. The second kappa shape index (κ2) is 5.46. The SMILES string of the molecule is c1cnc2c(CNC3CCNCC3)cccc2c1. The van der Waals surface area contributed by atoms with Crippen molar-refractivity contribution in [2.45, 2.75) is 25.4 Å². The van der Waals surface area contributed by atoms with Crippen LogP contribution in [0.25, 0.3) is 10.9 Å². The Morgan fingerprint density at radius 1 is 1.17 bits per heavy atom. The number of nitrogens with one attached hydrogen (secondary N) is 2. The zero-order valence-electron chi connectivity index (χ0n) is 10.5. The molecule has 0 aliphatic carbocycles. The maximum absolute atomic E-state index is 4.49. The van der Waals surface area contributed by atoms with Gasteiger partial charge < -0.3 is 10.6 Å². The molecule has 1 saturated heterocycles. The average molecular weight is 241 g/mol. The molecule has 1 aromatic carbocycles. The van der Waals surface area contributed by atoms with Crippen molar-refractivity contribution in [2.75, 3.05) is 13.1 Å². The van der Waals surface area contributed by atoms with Crippen molar-refractivity contribution >= 4 is 10.9 Å². The van der Waals surface area contributed by atoms with E-state index in [4.69, 9.17) is 0 Å². The highest BCUT2D eigenvalue weighted by Gasteiger charge is 2.12. The molecule has 3 rings (SSSR count). The molecule has 18 heavy (non-hydrogen) atoms. The normalized spacial score (nSPS) is 17.1. The van der Waals surface area contributed by atoms with Gasteiger partial charge in [0, 0.05) is 24.2 Å². The van der Waals surface area contributed by atoms with Gasteiger partial charge >= 0.3 is 0 Å². The highest BCUT2D eigenvalue weighted by Crippen LogP contribution is 2.16. The van der Waals surface area contributed by atoms with Gasteiger partial charge in [-0.05, 0) is 37.6 Å².